The van der Waals surface area contributed by atoms with E-state index < -0.39 is 0 Å². The third-order valence-corrected chi connectivity index (χ3v) is 5.73. The van der Waals surface area contributed by atoms with E-state index in [0.717, 1.165) is 58.7 Å². The molecular formula is C23H25N7. The van der Waals surface area contributed by atoms with E-state index in [-0.39, 0.29) is 6.04 Å². The van der Waals surface area contributed by atoms with E-state index >= 15 is 0 Å². The molecule has 1 aromatic carbocycles. The second-order valence-electron chi connectivity index (χ2n) is 7.79. The van der Waals surface area contributed by atoms with Crippen LogP contribution in [0, 0.1) is 30.6 Å². The fourth-order valence-electron chi connectivity index (χ4n) is 4.09. The van der Waals surface area contributed by atoms with E-state index in [1.54, 1.807) is 17.1 Å². The largest absolute Gasteiger partial charge is 0.376 e. The highest BCUT2D eigenvalue weighted by molar-refractivity contribution is 5.89. The monoisotopic (exact) mass is 399 g/mol. The molecule has 3 N–H and O–H groups in total. The van der Waals surface area contributed by atoms with E-state index in [9.17, 15) is 5.26 Å². The number of nitriles is 1. The predicted molar refractivity (Wildman–Crippen MR) is 119 cm³/mol. The van der Waals surface area contributed by atoms with Crippen LogP contribution in [0.25, 0.3) is 0 Å². The fourth-order valence-corrected chi connectivity index (χ4v) is 4.09. The van der Waals surface area contributed by atoms with Gasteiger partial charge in [0.15, 0.2) is 0 Å². The minimum absolute atomic E-state index is 0.0935. The van der Waals surface area contributed by atoms with Gasteiger partial charge < -0.3 is 16.0 Å². The Morgan fingerprint density at radius 3 is 2.80 bits per heavy atom. The molecule has 2 aromatic heterocycles. The van der Waals surface area contributed by atoms with Gasteiger partial charge in [-0.3, -0.25) is 9.67 Å². The maximum Gasteiger partial charge on any atom is 0.101 e. The number of nitrogens with one attached hydrogen (secondary N) is 3. The highest BCUT2D eigenvalue weighted by atomic mass is 15.3. The smallest absolute Gasteiger partial charge is 0.101 e. The maximum absolute atomic E-state index is 9.32. The Morgan fingerprint density at radius 2 is 2.10 bits per heavy atom. The van der Waals surface area contributed by atoms with Gasteiger partial charge in [0.2, 0.25) is 0 Å². The Balaban J connectivity index is 1.67. The molecule has 0 saturated carbocycles. The number of anilines is 3. The number of aromatic nitrogens is 3. The van der Waals surface area contributed by atoms with Crippen LogP contribution in [0.2, 0.25) is 0 Å². The summed E-state index contributed by atoms with van der Waals surface area (Å²) in [5.74, 6) is 0. The van der Waals surface area contributed by atoms with Crippen molar-refractivity contribution in [3.63, 3.8) is 0 Å². The highest BCUT2D eigenvalue weighted by Gasteiger charge is 2.25. The Bertz CT molecular complexity index is 1150. The molecule has 0 saturated heterocycles. The summed E-state index contributed by atoms with van der Waals surface area (Å²) in [6.45, 7) is 4.06. The van der Waals surface area contributed by atoms with Gasteiger partial charge in [-0.1, -0.05) is 0 Å². The van der Waals surface area contributed by atoms with Crippen LogP contribution < -0.4 is 10.6 Å². The second kappa shape index (κ2) is 7.99. The molecule has 1 unspecified atom stereocenters. The van der Waals surface area contributed by atoms with Gasteiger partial charge in [0.25, 0.3) is 0 Å². The van der Waals surface area contributed by atoms with Crippen LogP contribution in [0.4, 0.5) is 17.1 Å². The number of aryl methyl sites for hydroxylation is 2. The van der Waals surface area contributed by atoms with Crippen molar-refractivity contribution in [3.8, 4) is 6.07 Å². The summed E-state index contributed by atoms with van der Waals surface area (Å²) in [6, 6.07) is 6.40. The van der Waals surface area contributed by atoms with E-state index in [1.807, 2.05) is 39.2 Å². The average molecular weight is 400 g/mol. The summed E-state index contributed by atoms with van der Waals surface area (Å²) in [5, 5.41) is 28.4. The lowest BCUT2D eigenvalue weighted by atomic mass is 9.87. The zero-order chi connectivity index (χ0) is 21.3. The van der Waals surface area contributed by atoms with Crippen molar-refractivity contribution in [2.45, 2.75) is 39.2 Å². The third-order valence-electron chi connectivity index (χ3n) is 5.73. The molecular weight excluding hydrogens is 374 g/mol. The van der Waals surface area contributed by atoms with Gasteiger partial charge in [-0.25, -0.2) is 0 Å². The molecule has 1 aliphatic carbocycles. The molecule has 3 aromatic rings. The van der Waals surface area contributed by atoms with Crippen LogP contribution in [0.1, 0.15) is 52.4 Å². The third kappa shape index (κ3) is 3.64. The van der Waals surface area contributed by atoms with Gasteiger partial charge in [0.1, 0.15) is 6.07 Å². The van der Waals surface area contributed by atoms with Crippen molar-refractivity contribution in [3.05, 3.63) is 64.2 Å². The summed E-state index contributed by atoms with van der Waals surface area (Å²) < 4.78 is 1.74. The molecule has 30 heavy (non-hydrogen) atoms. The molecule has 4 rings (SSSR count). The standard InChI is InChI=1S/C23H25N7/c1-14-7-16(9-24)22(28-18-12-27-30(3)13-18)8-21(14)29-20-6-4-5-19-15(2)17(10-25)11-26-23(19)20/h7-9,11-13,20,24,28-29H,4-6H2,1-3H3. The molecule has 2 heterocycles. The van der Waals surface area contributed by atoms with Crippen molar-refractivity contribution < 1.29 is 0 Å². The highest BCUT2D eigenvalue weighted by Crippen LogP contribution is 2.36. The van der Waals surface area contributed by atoms with Gasteiger partial charge in [0, 0.05) is 42.6 Å². The molecule has 152 valence electrons. The van der Waals surface area contributed by atoms with Gasteiger partial charge in [-0.15, -0.1) is 0 Å². The molecule has 0 amide bonds. The SMILES string of the molecule is Cc1cc(C=N)c(Nc2cnn(C)c2)cc1NC1CCCc2c1ncc(C#N)c2C. The van der Waals surface area contributed by atoms with Crippen LogP contribution >= 0.6 is 0 Å². The van der Waals surface area contributed by atoms with E-state index in [1.165, 1.54) is 11.8 Å². The molecule has 0 bridgehead atoms. The molecule has 7 nitrogen and oxygen atoms in total. The summed E-state index contributed by atoms with van der Waals surface area (Å²) in [7, 11) is 1.87. The van der Waals surface area contributed by atoms with Gasteiger partial charge in [-0.05, 0) is 61.9 Å². The van der Waals surface area contributed by atoms with Crippen LogP contribution in [0.15, 0.2) is 30.7 Å². The van der Waals surface area contributed by atoms with Crippen molar-refractivity contribution in [1.82, 2.24) is 14.8 Å². The molecule has 0 fully saturated rings. The van der Waals surface area contributed by atoms with Gasteiger partial charge >= 0.3 is 0 Å². The summed E-state index contributed by atoms with van der Waals surface area (Å²) >= 11 is 0. The zero-order valence-corrected chi connectivity index (χ0v) is 17.5. The number of rotatable bonds is 5. The second-order valence-corrected chi connectivity index (χ2v) is 7.79. The molecule has 0 aliphatic heterocycles. The topological polar surface area (TPSA) is 102 Å². The molecule has 1 aliphatic rings. The van der Waals surface area contributed by atoms with Crippen molar-refractivity contribution in [2.75, 3.05) is 10.6 Å². The van der Waals surface area contributed by atoms with Crippen molar-refractivity contribution in [2.24, 2.45) is 7.05 Å². The average Bonchev–Trinajstić information content (AvgIpc) is 3.15. The quantitative estimate of drug-likeness (QED) is 0.547. The number of nitrogens with zero attached hydrogens (tertiary/aromatic N) is 4. The molecule has 7 heteroatoms. The van der Waals surface area contributed by atoms with Crippen LogP contribution in [0.5, 0.6) is 0 Å². The number of hydrogen-bond acceptors (Lipinski definition) is 6. The first-order valence-corrected chi connectivity index (χ1v) is 10.1. The van der Waals surface area contributed by atoms with Crippen molar-refractivity contribution in [1.29, 1.82) is 10.7 Å². The number of benzene rings is 1. The van der Waals surface area contributed by atoms with Gasteiger partial charge in [-0.2, -0.15) is 10.4 Å². The van der Waals surface area contributed by atoms with E-state index in [0.29, 0.717) is 5.56 Å². The summed E-state index contributed by atoms with van der Waals surface area (Å²) in [4.78, 5) is 4.64. The number of fused-ring (bicyclic) bond motifs is 1. The Morgan fingerprint density at radius 1 is 1.27 bits per heavy atom. The lowest BCUT2D eigenvalue weighted by molar-refractivity contribution is 0.580. The van der Waals surface area contributed by atoms with Crippen molar-refractivity contribution >= 4 is 23.3 Å². The molecule has 1 atom stereocenters. The Labute approximate surface area is 176 Å². The van der Waals surface area contributed by atoms with E-state index in [2.05, 4.69) is 26.8 Å². The van der Waals surface area contributed by atoms with E-state index in [4.69, 9.17) is 5.41 Å². The summed E-state index contributed by atoms with van der Waals surface area (Å²) in [6.07, 6.45) is 9.72. The fraction of sp³-hybridized carbons (Fsp3) is 0.304. The van der Waals surface area contributed by atoms with Gasteiger partial charge in [0.05, 0.1) is 29.2 Å². The predicted octanol–water partition coefficient (Wildman–Crippen LogP) is 4.53. The number of pyridine rings is 1. The minimum atomic E-state index is 0.0935. The Kier molecular flexibility index (Phi) is 5.23. The van der Waals surface area contributed by atoms with Crippen LogP contribution in [-0.2, 0) is 13.5 Å². The first kappa shape index (κ1) is 19.6. The van der Waals surface area contributed by atoms with Crippen LogP contribution in [0.3, 0.4) is 0 Å². The lowest BCUT2D eigenvalue weighted by Gasteiger charge is -2.28. The molecule has 0 spiro atoms. The first-order chi connectivity index (χ1) is 14.5. The summed E-state index contributed by atoms with van der Waals surface area (Å²) in [5.41, 5.74) is 8.56. The zero-order valence-electron chi connectivity index (χ0n) is 17.5. The first-order valence-electron chi connectivity index (χ1n) is 10.1. The van der Waals surface area contributed by atoms with Crippen LogP contribution in [-0.4, -0.2) is 21.0 Å². The Hall–Kier alpha value is -3.66. The normalized spacial score (nSPS) is 15.2. The molecule has 0 radical (unpaired) electrons. The number of hydrogen-bond donors (Lipinski definition) is 3. The maximum atomic E-state index is 9.32. The lowest BCUT2D eigenvalue weighted by Crippen LogP contribution is -2.21. The minimum Gasteiger partial charge on any atom is -0.376 e.